The van der Waals surface area contributed by atoms with E-state index in [4.69, 9.17) is 11.6 Å². The summed E-state index contributed by atoms with van der Waals surface area (Å²) in [6, 6.07) is 1.94. The summed E-state index contributed by atoms with van der Waals surface area (Å²) in [6.45, 7) is 3.92. The Balaban J connectivity index is 2.90. The van der Waals surface area contributed by atoms with Crippen molar-refractivity contribution in [3.63, 3.8) is 0 Å². The van der Waals surface area contributed by atoms with Crippen molar-refractivity contribution in [3.05, 3.63) is 17.1 Å². The first-order valence-electron chi connectivity index (χ1n) is 2.71. The smallest absolute Gasteiger partial charge is 0.0747 e. The second-order valence-corrected chi connectivity index (χ2v) is 4.13. The van der Waals surface area contributed by atoms with Crippen LogP contribution < -0.4 is 0 Å². The molecule has 0 aliphatic heterocycles. The Morgan fingerprint density at radius 3 is 2.56 bits per heavy atom. The third-order valence-corrected chi connectivity index (χ3v) is 2.41. The first kappa shape index (κ1) is 7.03. The molecule has 0 unspecified atom stereocenters. The monoisotopic (exact) mass is 161 g/mol. The van der Waals surface area contributed by atoms with Gasteiger partial charge in [-0.2, -0.15) is 0 Å². The number of hydrogen-bond donors (Lipinski definition) is 0. The van der Waals surface area contributed by atoms with Crippen molar-refractivity contribution in [2.45, 2.75) is 18.7 Å². The van der Waals surface area contributed by atoms with Crippen LogP contribution in [-0.2, 0) is 4.87 Å². The lowest BCUT2D eigenvalue weighted by Gasteiger charge is -2.10. The van der Waals surface area contributed by atoms with E-state index in [-0.39, 0.29) is 4.87 Å². The van der Waals surface area contributed by atoms with Crippen LogP contribution in [0.3, 0.4) is 0 Å². The van der Waals surface area contributed by atoms with E-state index in [9.17, 15) is 0 Å². The zero-order valence-electron chi connectivity index (χ0n) is 5.39. The molecule has 1 aromatic heterocycles. The predicted molar refractivity (Wildman–Crippen MR) is 41.0 cm³/mol. The molecule has 0 saturated heterocycles. The van der Waals surface area contributed by atoms with E-state index < -0.39 is 0 Å². The van der Waals surface area contributed by atoms with Crippen LogP contribution in [0.2, 0.25) is 0 Å². The van der Waals surface area contributed by atoms with Crippen molar-refractivity contribution in [1.82, 2.24) is 4.37 Å². The topological polar surface area (TPSA) is 12.9 Å². The van der Waals surface area contributed by atoms with Gasteiger partial charge in [-0.1, -0.05) is 0 Å². The highest BCUT2D eigenvalue weighted by Gasteiger charge is 2.17. The second kappa shape index (κ2) is 2.27. The van der Waals surface area contributed by atoms with Gasteiger partial charge in [-0.25, -0.2) is 4.37 Å². The van der Waals surface area contributed by atoms with Gasteiger partial charge in [0.25, 0.3) is 0 Å². The number of hydrogen-bond acceptors (Lipinski definition) is 2. The number of nitrogens with zero attached hydrogens (tertiary/aromatic N) is 1. The van der Waals surface area contributed by atoms with E-state index in [1.54, 1.807) is 6.20 Å². The molecule has 0 bridgehead atoms. The summed E-state index contributed by atoms with van der Waals surface area (Å²) in [4.78, 5) is 0.866. The number of rotatable bonds is 1. The average Bonchev–Trinajstić information content (AvgIpc) is 2.08. The van der Waals surface area contributed by atoms with Crippen LogP contribution >= 0.6 is 23.1 Å². The molecule has 0 atom stereocenters. The normalized spacial score (nSPS) is 11.9. The quantitative estimate of drug-likeness (QED) is 0.577. The average molecular weight is 162 g/mol. The van der Waals surface area contributed by atoms with E-state index in [0.29, 0.717) is 0 Å². The van der Waals surface area contributed by atoms with Gasteiger partial charge in [0.1, 0.15) is 0 Å². The van der Waals surface area contributed by atoms with Gasteiger partial charge in [0.15, 0.2) is 0 Å². The lowest BCUT2D eigenvalue weighted by Crippen LogP contribution is -2.03. The Bertz CT molecular complexity index is 175. The minimum Gasteiger partial charge on any atom is -0.201 e. The molecule has 9 heavy (non-hydrogen) atoms. The molecule has 50 valence electrons. The van der Waals surface area contributed by atoms with Gasteiger partial charge < -0.3 is 0 Å². The van der Waals surface area contributed by atoms with Crippen molar-refractivity contribution >= 4 is 23.1 Å². The summed E-state index contributed by atoms with van der Waals surface area (Å²) in [7, 11) is 0. The molecule has 0 saturated carbocycles. The summed E-state index contributed by atoms with van der Waals surface area (Å²) >= 11 is 7.42. The van der Waals surface area contributed by atoms with E-state index in [1.165, 1.54) is 11.5 Å². The van der Waals surface area contributed by atoms with Crippen LogP contribution in [0.5, 0.6) is 0 Å². The van der Waals surface area contributed by atoms with Crippen LogP contribution in [0.25, 0.3) is 0 Å². The van der Waals surface area contributed by atoms with Crippen molar-refractivity contribution < 1.29 is 0 Å². The molecule has 0 aliphatic rings. The largest absolute Gasteiger partial charge is 0.201 e. The summed E-state index contributed by atoms with van der Waals surface area (Å²) in [5.74, 6) is 0. The summed E-state index contributed by atoms with van der Waals surface area (Å²) in [5.41, 5.74) is 0. The summed E-state index contributed by atoms with van der Waals surface area (Å²) in [6.07, 6.45) is 1.77. The molecule has 1 aromatic rings. The maximum atomic E-state index is 5.97. The maximum Gasteiger partial charge on any atom is 0.0747 e. The zero-order valence-corrected chi connectivity index (χ0v) is 6.96. The van der Waals surface area contributed by atoms with Crippen LogP contribution in [-0.4, -0.2) is 4.37 Å². The number of aromatic nitrogens is 1. The minimum absolute atomic E-state index is 0.249. The van der Waals surface area contributed by atoms with Crippen LogP contribution in [0.1, 0.15) is 18.7 Å². The van der Waals surface area contributed by atoms with Gasteiger partial charge in [-0.3, -0.25) is 0 Å². The van der Waals surface area contributed by atoms with Gasteiger partial charge in [-0.15, -0.1) is 11.6 Å². The lowest BCUT2D eigenvalue weighted by molar-refractivity contribution is 0.786. The molecule has 0 amide bonds. The van der Waals surface area contributed by atoms with Crippen LogP contribution in [0, 0.1) is 0 Å². The second-order valence-electron chi connectivity index (χ2n) is 2.35. The van der Waals surface area contributed by atoms with Gasteiger partial charge >= 0.3 is 0 Å². The summed E-state index contributed by atoms with van der Waals surface area (Å²) in [5, 5.41) is 0. The number of halogens is 1. The first-order valence-corrected chi connectivity index (χ1v) is 3.86. The Labute approximate surface area is 63.8 Å². The molecule has 0 aromatic carbocycles. The molecular weight excluding hydrogens is 154 g/mol. The van der Waals surface area contributed by atoms with Gasteiger partial charge in [0.05, 0.1) is 4.87 Å². The maximum absolute atomic E-state index is 5.97. The van der Waals surface area contributed by atoms with E-state index in [1.807, 2.05) is 19.9 Å². The van der Waals surface area contributed by atoms with Crippen molar-refractivity contribution in [2.24, 2.45) is 0 Å². The van der Waals surface area contributed by atoms with E-state index in [2.05, 4.69) is 4.37 Å². The highest BCUT2D eigenvalue weighted by molar-refractivity contribution is 7.06. The fourth-order valence-corrected chi connectivity index (χ4v) is 1.26. The van der Waals surface area contributed by atoms with Crippen molar-refractivity contribution in [3.8, 4) is 0 Å². The van der Waals surface area contributed by atoms with Crippen LogP contribution in [0.15, 0.2) is 12.3 Å². The molecule has 1 nitrogen and oxygen atoms in total. The summed E-state index contributed by atoms with van der Waals surface area (Å²) < 4.78 is 3.95. The third-order valence-electron chi connectivity index (χ3n) is 1.02. The van der Waals surface area contributed by atoms with E-state index >= 15 is 0 Å². The minimum atomic E-state index is -0.249. The Morgan fingerprint density at radius 2 is 2.33 bits per heavy atom. The zero-order chi connectivity index (χ0) is 6.91. The third kappa shape index (κ3) is 1.66. The first-order chi connectivity index (χ1) is 4.11. The van der Waals surface area contributed by atoms with E-state index in [0.717, 1.165) is 4.88 Å². The molecule has 0 aliphatic carbocycles. The standard InChI is InChI=1S/C6H8ClNS/c1-6(2,7)5-3-4-8-9-5/h3-4H,1-2H3. The Kier molecular flexibility index (Phi) is 1.78. The molecule has 0 N–H and O–H groups in total. The molecule has 0 radical (unpaired) electrons. The molecule has 1 rings (SSSR count). The lowest BCUT2D eigenvalue weighted by atomic mass is 10.2. The molecular formula is C6H8ClNS. The van der Waals surface area contributed by atoms with Gasteiger partial charge in [-0.05, 0) is 31.4 Å². The Hall–Kier alpha value is -0.0800. The van der Waals surface area contributed by atoms with Crippen molar-refractivity contribution in [2.75, 3.05) is 0 Å². The SMILES string of the molecule is CC(C)(Cl)c1ccns1. The predicted octanol–water partition coefficient (Wildman–Crippen LogP) is 2.62. The highest BCUT2D eigenvalue weighted by atomic mass is 35.5. The highest BCUT2D eigenvalue weighted by Crippen LogP contribution is 2.29. The number of alkyl halides is 1. The molecule has 0 spiro atoms. The van der Waals surface area contributed by atoms with Gasteiger partial charge in [0, 0.05) is 11.1 Å². The molecule has 3 heteroatoms. The molecule has 0 fully saturated rings. The van der Waals surface area contributed by atoms with Crippen LogP contribution in [0.4, 0.5) is 0 Å². The van der Waals surface area contributed by atoms with Gasteiger partial charge in [0.2, 0.25) is 0 Å². The molecule has 1 heterocycles. The Morgan fingerprint density at radius 1 is 1.67 bits per heavy atom. The fourth-order valence-electron chi connectivity index (χ4n) is 0.522. The fraction of sp³-hybridized carbons (Fsp3) is 0.500. The van der Waals surface area contributed by atoms with Crippen molar-refractivity contribution in [1.29, 1.82) is 0 Å².